The predicted octanol–water partition coefficient (Wildman–Crippen LogP) is 0.261. The first-order valence-electron chi connectivity index (χ1n) is 6.25. The number of aliphatic carboxylic acids is 1. The van der Waals surface area contributed by atoms with Crippen LogP contribution in [0, 0.1) is 11.8 Å². The summed E-state index contributed by atoms with van der Waals surface area (Å²) >= 11 is 0. The van der Waals surface area contributed by atoms with E-state index in [0.717, 1.165) is 26.1 Å². The van der Waals surface area contributed by atoms with Gasteiger partial charge in [0.2, 0.25) is 5.91 Å². The van der Waals surface area contributed by atoms with Gasteiger partial charge in [0.25, 0.3) is 0 Å². The van der Waals surface area contributed by atoms with Gasteiger partial charge in [0.15, 0.2) is 0 Å². The van der Waals surface area contributed by atoms with Gasteiger partial charge in [-0.05, 0) is 32.4 Å². The number of amides is 1. The van der Waals surface area contributed by atoms with Gasteiger partial charge in [0.1, 0.15) is 0 Å². The minimum Gasteiger partial charge on any atom is -0.481 e. The van der Waals surface area contributed by atoms with Crippen LogP contribution in [0.4, 0.5) is 0 Å². The van der Waals surface area contributed by atoms with E-state index in [-0.39, 0.29) is 12.3 Å². The van der Waals surface area contributed by atoms with Crippen molar-refractivity contribution in [2.75, 3.05) is 33.2 Å². The first-order valence-corrected chi connectivity index (χ1v) is 6.25. The lowest BCUT2D eigenvalue weighted by Crippen LogP contribution is -2.43. The van der Waals surface area contributed by atoms with Crippen molar-refractivity contribution in [2.45, 2.75) is 19.3 Å². The van der Waals surface area contributed by atoms with Gasteiger partial charge in [-0.25, -0.2) is 0 Å². The number of carboxylic acid groups (broad SMARTS) is 1. The fourth-order valence-corrected chi connectivity index (χ4v) is 2.77. The van der Waals surface area contributed by atoms with Crippen LogP contribution in [0.1, 0.15) is 19.3 Å². The summed E-state index contributed by atoms with van der Waals surface area (Å²) in [6, 6.07) is 0. The van der Waals surface area contributed by atoms with Gasteiger partial charge in [0, 0.05) is 26.1 Å². The lowest BCUT2D eigenvalue weighted by Gasteiger charge is -2.31. The minimum absolute atomic E-state index is 0.0122. The van der Waals surface area contributed by atoms with E-state index in [1.165, 1.54) is 0 Å². The molecule has 0 spiro atoms. The molecule has 2 saturated heterocycles. The van der Waals surface area contributed by atoms with Gasteiger partial charge < -0.3 is 14.9 Å². The molecule has 2 fully saturated rings. The summed E-state index contributed by atoms with van der Waals surface area (Å²) in [6.07, 6.45) is 1.92. The van der Waals surface area contributed by atoms with Gasteiger partial charge in [-0.1, -0.05) is 0 Å². The van der Waals surface area contributed by atoms with Crippen molar-refractivity contribution in [3.8, 4) is 0 Å². The molecule has 17 heavy (non-hydrogen) atoms. The van der Waals surface area contributed by atoms with Crippen LogP contribution in [-0.4, -0.2) is 60.0 Å². The van der Waals surface area contributed by atoms with Crippen molar-refractivity contribution in [3.05, 3.63) is 0 Å². The number of hydrogen-bond donors (Lipinski definition) is 1. The van der Waals surface area contributed by atoms with Crippen LogP contribution in [-0.2, 0) is 9.59 Å². The lowest BCUT2D eigenvalue weighted by molar-refractivity contribution is -0.149. The number of carboxylic acids is 1. The lowest BCUT2D eigenvalue weighted by atomic mass is 9.95. The van der Waals surface area contributed by atoms with Crippen molar-refractivity contribution < 1.29 is 14.7 Å². The van der Waals surface area contributed by atoms with Gasteiger partial charge in [-0.15, -0.1) is 0 Å². The Balaban J connectivity index is 1.83. The van der Waals surface area contributed by atoms with Crippen molar-refractivity contribution in [2.24, 2.45) is 11.8 Å². The Bertz CT molecular complexity index is 319. The zero-order valence-electron chi connectivity index (χ0n) is 10.3. The molecule has 1 N–H and O–H groups in total. The van der Waals surface area contributed by atoms with Crippen molar-refractivity contribution in [3.63, 3.8) is 0 Å². The van der Waals surface area contributed by atoms with Crippen LogP contribution in [0.2, 0.25) is 0 Å². The van der Waals surface area contributed by atoms with Crippen LogP contribution in [0.25, 0.3) is 0 Å². The molecular formula is C12H20N2O3. The molecule has 2 unspecified atom stereocenters. The highest BCUT2D eigenvalue weighted by molar-refractivity contribution is 5.83. The highest BCUT2D eigenvalue weighted by atomic mass is 16.4. The zero-order chi connectivity index (χ0) is 12.4. The van der Waals surface area contributed by atoms with E-state index in [1.54, 1.807) is 0 Å². The van der Waals surface area contributed by atoms with Crippen LogP contribution < -0.4 is 0 Å². The summed E-state index contributed by atoms with van der Waals surface area (Å²) in [5.74, 6) is -0.730. The topological polar surface area (TPSA) is 60.9 Å². The van der Waals surface area contributed by atoms with E-state index in [9.17, 15) is 9.59 Å². The second kappa shape index (κ2) is 5.04. The minimum atomic E-state index is -0.835. The molecule has 2 aliphatic rings. The van der Waals surface area contributed by atoms with Crippen LogP contribution in [0.3, 0.4) is 0 Å². The Kier molecular flexibility index (Phi) is 3.66. The SMILES string of the molecule is CN1CCC(CN2CCC(C(=O)O)CC2=O)C1. The Hall–Kier alpha value is -1.10. The molecule has 0 aliphatic carbocycles. The molecule has 96 valence electrons. The normalized spacial score (nSPS) is 30.9. The molecule has 2 rings (SSSR count). The number of likely N-dealkylation sites (tertiary alicyclic amines) is 2. The molecule has 0 saturated carbocycles. The van der Waals surface area contributed by atoms with Gasteiger partial charge in [-0.2, -0.15) is 0 Å². The largest absolute Gasteiger partial charge is 0.481 e. The van der Waals surface area contributed by atoms with E-state index in [0.29, 0.717) is 18.9 Å². The summed E-state index contributed by atoms with van der Waals surface area (Å²) in [5, 5.41) is 8.88. The molecule has 2 atom stereocenters. The number of piperidine rings is 1. The zero-order valence-corrected chi connectivity index (χ0v) is 10.3. The van der Waals surface area contributed by atoms with Crippen molar-refractivity contribution in [1.82, 2.24) is 9.80 Å². The first kappa shape index (κ1) is 12.4. The maximum atomic E-state index is 11.8. The van der Waals surface area contributed by atoms with E-state index in [2.05, 4.69) is 11.9 Å². The summed E-state index contributed by atoms with van der Waals surface area (Å²) < 4.78 is 0. The molecule has 0 aromatic heterocycles. The van der Waals surface area contributed by atoms with Gasteiger partial charge >= 0.3 is 5.97 Å². The van der Waals surface area contributed by atoms with E-state index >= 15 is 0 Å². The summed E-state index contributed by atoms with van der Waals surface area (Å²) in [4.78, 5) is 26.8. The molecule has 0 aromatic rings. The van der Waals surface area contributed by atoms with Crippen molar-refractivity contribution in [1.29, 1.82) is 0 Å². The molecular weight excluding hydrogens is 220 g/mol. The molecule has 2 heterocycles. The molecule has 1 amide bonds. The monoisotopic (exact) mass is 240 g/mol. The Morgan fingerprint density at radius 2 is 2.18 bits per heavy atom. The average Bonchev–Trinajstić information content (AvgIpc) is 2.67. The smallest absolute Gasteiger partial charge is 0.307 e. The summed E-state index contributed by atoms with van der Waals surface area (Å²) in [7, 11) is 2.10. The van der Waals surface area contributed by atoms with E-state index < -0.39 is 11.9 Å². The molecule has 2 aliphatic heterocycles. The highest BCUT2D eigenvalue weighted by Gasteiger charge is 2.32. The first-order chi connectivity index (χ1) is 8.06. The molecule has 0 aromatic carbocycles. The van der Waals surface area contributed by atoms with Crippen LogP contribution in [0.15, 0.2) is 0 Å². The number of hydrogen-bond acceptors (Lipinski definition) is 3. The standard InChI is InChI=1S/C12H20N2O3/c1-13-4-2-9(7-13)8-14-5-3-10(12(16)17)6-11(14)15/h9-10H,2-8H2,1H3,(H,16,17). The summed E-state index contributed by atoms with van der Waals surface area (Å²) in [5.41, 5.74) is 0. The van der Waals surface area contributed by atoms with Crippen LogP contribution >= 0.6 is 0 Å². The maximum Gasteiger partial charge on any atom is 0.307 e. The quantitative estimate of drug-likeness (QED) is 0.769. The number of carbonyl (C=O) groups excluding carboxylic acids is 1. The fourth-order valence-electron chi connectivity index (χ4n) is 2.77. The third-order valence-electron chi connectivity index (χ3n) is 3.84. The van der Waals surface area contributed by atoms with E-state index in [1.807, 2.05) is 4.90 Å². The fraction of sp³-hybridized carbons (Fsp3) is 0.833. The Morgan fingerprint density at radius 1 is 1.41 bits per heavy atom. The van der Waals surface area contributed by atoms with Gasteiger partial charge in [0.05, 0.1) is 5.92 Å². The highest BCUT2D eigenvalue weighted by Crippen LogP contribution is 2.22. The third kappa shape index (κ3) is 2.97. The van der Waals surface area contributed by atoms with Crippen molar-refractivity contribution >= 4 is 11.9 Å². The molecule has 5 heteroatoms. The number of carbonyl (C=O) groups is 2. The number of rotatable bonds is 3. The predicted molar refractivity (Wildman–Crippen MR) is 62.5 cm³/mol. The Labute approximate surface area is 101 Å². The number of nitrogens with zero attached hydrogens (tertiary/aromatic N) is 2. The average molecular weight is 240 g/mol. The van der Waals surface area contributed by atoms with Gasteiger partial charge in [-0.3, -0.25) is 9.59 Å². The second-order valence-electron chi connectivity index (χ2n) is 5.28. The molecule has 0 radical (unpaired) electrons. The Morgan fingerprint density at radius 3 is 2.71 bits per heavy atom. The second-order valence-corrected chi connectivity index (χ2v) is 5.28. The molecule has 5 nitrogen and oxygen atoms in total. The molecule has 0 bridgehead atoms. The third-order valence-corrected chi connectivity index (χ3v) is 3.84. The van der Waals surface area contributed by atoms with E-state index in [4.69, 9.17) is 5.11 Å². The summed E-state index contributed by atoms with van der Waals surface area (Å²) in [6.45, 7) is 3.56. The maximum absolute atomic E-state index is 11.8. The van der Waals surface area contributed by atoms with Crippen LogP contribution in [0.5, 0.6) is 0 Å².